The average Bonchev–Trinajstić information content (AvgIpc) is 2.34. The summed E-state index contributed by atoms with van der Waals surface area (Å²) in [5, 5.41) is 8.89. The van der Waals surface area contributed by atoms with Gasteiger partial charge in [0, 0.05) is 11.5 Å². The first-order valence-corrected chi connectivity index (χ1v) is 3.96. The summed E-state index contributed by atoms with van der Waals surface area (Å²) in [5.74, 6) is -1.08. The first kappa shape index (κ1) is 10.9. The van der Waals surface area contributed by atoms with Gasteiger partial charge < -0.3 is 9.90 Å². The van der Waals surface area contributed by atoms with Crippen LogP contribution >= 0.6 is 0 Å². The highest BCUT2D eigenvalue weighted by atomic mass is 16.4. The molecule has 0 aromatic carbocycles. The highest BCUT2D eigenvalue weighted by molar-refractivity contribution is 5.60. The van der Waals surface area contributed by atoms with Gasteiger partial charge in [-0.1, -0.05) is 0 Å². The Morgan fingerprint density at radius 1 is 1.67 bits per heavy atom. The number of hydrogen-bond acceptors (Lipinski definition) is 2. The summed E-state index contributed by atoms with van der Waals surface area (Å²) in [6.07, 6.45) is 6.55. The lowest BCUT2D eigenvalue weighted by Gasteiger charge is -1.98. The first-order valence-electron chi connectivity index (χ1n) is 3.96. The summed E-state index contributed by atoms with van der Waals surface area (Å²) in [6.45, 7) is 6.43. The Balaban J connectivity index is 0.000000261. The summed E-state index contributed by atoms with van der Waals surface area (Å²) >= 11 is 0. The minimum Gasteiger partial charge on any atom is -0.550 e. The zero-order valence-electron chi connectivity index (χ0n) is 7.76. The van der Waals surface area contributed by atoms with Gasteiger partial charge in [-0.05, 0) is 26.8 Å². The third kappa shape index (κ3) is 5.68. The van der Waals surface area contributed by atoms with Crippen LogP contribution < -0.4 is 10.0 Å². The Kier molecular flexibility index (Phi) is 5.04. The van der Waals surface area contributed by atoms with Gasteiger partial charge >= 0.3 is 0 Å². The van der Waals surface area contributed by atoms with Crippen LogP contribution in [0.15, 0.2) is 24.0 Å². The molecule has 1 heterocycles. The molecular weight excluding hydrogens is 154 g/mol. The van der Waals surface area contributed by atoms with Gasteiger partial charge in [0.25, 0.3) is 0 Å². The minimum atomic E-state index is -1.08. The van der Waals surface area contributed by atoms with Gasteiger partial charge in [-0.15, -0.1) is 0 Å². The largest absolute Gasteiger partial charge is 0.550 e. The quantitative estimate of drug-likeness (QED) is 0.551. The van der Waals surface area contributed by atoms with Crippen molar-refractivity contribution in [3.8, 4) is 0 Å². The van der Waals surface area contributed by atoms with Crippen molar-refractivity contribution in [1.29, 1.82) is 0 Å². The van der Waals surface area contributed by atoms with Gasteiger partial charge in [0.1, 0.15) is 6.20 Å². The predicted molar refractivity (Wildman–Crippen MR) is 45.1 cm³/mol. The molecule has 1 atom stereocenters. The lowest BCUT2D eigenvalue weighted by Crippen LogP contribution is -3.01. The van der Waals surface area contributed by atoms with E-state index in [1.54, 1.807) is 0 Å². The number of rotatable bonds is 1. The van der Waals surface area contributed by atoms with E-state index in [0.717, 1.165) is 13.5 Å². The van der Waals surface area contributed by atoms with Gasteiger partial charge in [0.05, 0.1) is 12.7 Å². The molecule has 12 heavy (non-hydrogen) atoms. The maximum absolute atomic E-state index is 8.89. The zero-order chi connectivity index (χ0) is 9.56. The fraction of sp³-hybridized carbons (Fsp3) is 0.444. The summed E-state index contributed by atoms with van der Waals surface area (Å²) < 4.78 is 0. The van der Waals surface area contributed by atoms with Crippen LogP contribution in [0.5, 0.6) is 0 Å². The van der Waals surface area contributed by atoms with E-state index in [1.807, 2.05) is 0 Å². The molecule has 1 unspecified atom stereocenters. The van der Waals surface area contributed by atoms with E-state index in [9.17, 15) is 0 Å². The Bertz CT molecular complexity index is 203. The first-order chi connectivity index (χ1) is 5.56. The molecule has 68 valence electrons. The van der Waals surface area contributed by atoms with E-state index in [4.69, 9.17) is 9.90 Å². The molecule has 0 aliphatic carbocycles. The Labute approximate surface area is 73.0 Å². The van der Waals surface area contributed by atoms with Gasteiger partial charge in [-0.3, -0.25) is 4.90 Å². The number of quaternary nitrogens is 1. The van der Waals surface area contributed by atoms with E-state index in [0.29, 0.717) is 0 Å². The van der Waals surface area contributed by atoms with E-state index in [-0.39, 0.29) is 0 Å². The van der Waals surface area contributed by atoms with E-state index in [2.05, 4.69) is 32.3 Å². The molecule has 0 saturated heterocycles. The number of carbonyl (C=O) groups is 1. The maximum atomic E-state index is 8.89. The molecule has 0 saturated carbocycles. The topological polar surface area (TPSA) is 44.6 Å². The summed E-state index contributed by atoms with van der Waals surface area (Å²) in [6, 6.07) is 0. The molecule has 1 rings (SSSR count). The molecule has 1 N–H and O–H groups in total. The number of carboxylic acids is 1. The predicted octanol–water partition coefficient (Wildman–Crippen LogP) is -0.921. The molecule has 0 aromatic heterocycles. The number of allylic oxidation sites excluding steroid dienone is 2. The van der Waals surface area contributed by atoms with E-state index >= 15 is 0 Å². The van der Waals surface area contributed by atoms with Crippen LogP contribution in [0.2, 0.25) is 0 Å². The second-order valence-corrected chi connectivity index (χ2v) is 2.64. The normalized spacial score (nSPS) is 19.6. The lowest BCUT2D eigenvalue weighted by molar-refractivity contribution is -0.785. The van der Waals surface area contributed by atoms with Crippen LogP contribution in [0.25, 0.3) is 0 Å². The molecule has 0 radical (unpaired) electrons. The van der Waals surface area contributed by atoms with Crippen molar-refractivity contribution in [3.05, 3.63) is 24.0 Å². The monoisotopic (exact) mass is 169 g/mol. The summed E-state index contributed by atoms with van der Waals surface area (Å²) in [4.78, 5) is 10.3. The van der Waals surface area contributed by atoms with E-state index in [1.165, 1.54) is 10.5 Å². The molecule has 0 spiro atoms. The van der Waals surface area contributed by atoms with Crippen LogP contribution in [-0.2, 0) is 4.79 Å². The summed E-state index contributed by atoms with van der Waals surface area (Å²) in [5.41, 5.74) is 1.38. The number of hydrogen-bond donors (Lipinski definition) is 1. The molecule has 1 aliphatic heterocycles. The Morgan fingerprint density at radius 3 is 2.33 bits per heavy atom. The molecule has 0 bridgehead atoms. The Hall–Kier alpha value is -1.09. The number of aliphatic carboxylic acids is 1. The third-order valence-electron chi connectivity index (χ3n) is 1.38. The van der Waals surface area contributed by atoms with Crippen LogP contribution in [0.1, 0.15) is 20.8 Å². The molecular formula is C9H15NO2. The molecule has 0 fully saturated rings. The Morgan fingerprint density at radius 2 is 2.17 bits per heavy atom. The van der Waals surface area contributed by atoms with Gasteiger partial charge in [0.2, 0.25) is 0 Å². The minimum absolute atomic E-state index is 0.972. The van der Waals surface area contributed by atoms with Crippen molar-refractivity contribution in [3.63, 3.8) is 0 Å². The lowest BCUT2D eigenvalue weighted by atomic mass is 10.4. The second kappa shape index (κ2) is 5.55. The van der Waals surface area contributed by atoms with Crippen LogP contribution in [-0.4, -0.2) is 12.5 Å². The fourth-order valence-electron chi connectivity index (χ4n) is 0.847. The zero-order valence-corrected chi connectivity index (χ0v) is 7.76. The van der Waals surface area contributed by atoms with Crippen molar-refractivity contribution in [2.24, 2.45) is 0 Å². The average molecular weight is 169 g/mol. The van der Waals surface area contributed by atoms with Crippen molar-refractivity contribution < 1.29 is 14.8 Å². The highest BCUT2D eigenvalue weighted by Gasteiger charge is 2.02. The SMILES string of the molecule is CC(=O)[O-].CC[NH+]1C=CC(C)=C1. The highest BCUT2D eigenvalue weighted by Crippen LogP contribution is 1.92. The van der Waals surface area contributed by atoms with Crippen molar-refractivity contribution >= 4 is 5.97 Å². The molecule has 0 amide bonds. The van der Waals surface area contributed by atoms with Crippen molar-refractivity contribution in [2.45, 2.75) is 20.8 Å². The van der Waals surface area contributed by atoms with Crippen molar-refractivity contribution in [1.82, 2.24) is 0 Å². The van der Waals surface area contributed by atoms with Crippen LogP contribution in [0.4, 0.5) is 0 Å². The van der Waals surface area contributed by atoms with Crippen LogP contribution in [0.3, 0.4) is 0 Å². The third-order valence-corrected chi connectivity index (χ3v) is 1.38. The van der Waals surface area contributed by atoms with Crippen molar-refractivity contribution in [2.75, 3.05) is 6.54 Å². The second-order valence-electron chi connectivity index (χ2n) is 2.64. The van der Waals surface area contributed by atoms with Gasteiger partial charge in [-0.2, -0.15) is 0 Å². The summed E-state index contributed by atoms with van der Waals surface area (Å²) in [7, 11) is 0. The molecule has 3 heteroatoms. The molecule has 0 aromatic rings. The number of nitrogens with one attached hydrogen (secondary N) is 1. The molecule has 1 aliphatic rings. The maximum Gasteiger partial charge on any atom is 0.102 e. The van der Waals surface area contributed by atoms with Gasteiger partial charge in [0.15, 0.2) is 0 Å². The molecule has 3 nitrogen and oxygen atoms in total. The van der Waals surface area contributed by atoms with Gasteiger partial charge in [-0.25, -0.2) is 0 Å². The fourth-order valence-corrected chi connectivity index (χ4v) is 0.847. The van der Waals surface area contributed by atoms with E-state index < -0.39 is 5.97 Å². The number of carboxylic acid groups (broad SMARTS) is 1. The smallest absolute Gasteiger partial charge is 0.102 e. The van der Waals surface area contributed by atoms with Crippen LogP contribution in [0, 0.1) is 0 Å². The standard InChI is InChI=1S/C7H11N.C2H4O2/c1-3-8-5-4-7(2)6-8;1-2(3)4/h4-6H,3H2,1-2H3;1H3,(H,3,4). The number of carbonyl (C=O) groups excluding carboxylic acids is 1.